The summed E-state index contributed by atoms with van der Waals surface area (Å²) < 4.78 is 17.8. The molecule has 120 valence electrons. The first-order valence-corrected chi connectivity index (χ1v) is 15.0. The van der Waals surface area contributed by atoms with Crippen molar-refractivity contribution in [1.82, 2.24) is 8.95 Å². The Morgan fingerprint density at radius 3 is 1.81 bits per heavy atom. The largest absolute Gasteiger partial charge is 0.419 e. The van der Waals surface area contributed by atoms with E-state index in [4.69, 9.17) is 0 Å². The molecule has 1 aliphatic heterocycles. The second-order valence-electron chi connectivity index (χ2n) is 9.32. The van der Waals surface area contributed by atoms with Crippen molar-refractivity contribution in [1.29, 1.82) is 0 Å². The van der Waals surface area contributed by atoms with Crippen molar-refractivity contribution in [3.05, 3.63) is 12.3 Å². The molecular weight excluding hydrogens is 293 g/mol. The van der Waals surface area contributed by atoms with E-state index in [1.807, 2.05) is 0 Å². The fraction of sp³-hybridized carbons (Fsp3) is 0.857. The Morgan fingerprint density at radius 2 is 1.52 bits per heavy atom. The molecule has 0 aliphatic carbocycles. The molecule has 0 aromatic rings. The van der Waals surface area contributed by atoms with Crippen LogP contribution < -0.4 is 0 Å². The van der Waals surface area contributed by atoms with Crippen LogP contribution in [0.1, 0.15) is 20.8 Å². The van der Waals surface area contributed by atoms with E-state index < -0.39 is 23.6 Å². The highest BCUT2D eigenvalue weighted by Crippen LogP contribution is 2.36. The molecule has 1 aliphatic rings. The molecule has 1 rings (SSSR count). The van der Waals surface area contributed by atoms with Crippen molar-refractivity contribution in [3.8, 4) is 0 Å². The summed E-state index contributed by atoms with van der Waals surface area (Å²) in [5.74, 6) is 0. The molecular formula is C14H33B2FN2Si2. The Kier molecular flexibility index (Phi) is 5.34. The van der Waals surface area contributed by atoms with Gasteiger partial charge < -0.3 is 13.3 Å². The maximum atomic E-state index is 15.5. The minimum Gasteiger partial charge on any atom is -0.417 e. The van der Waals surface area contributed by atoms with Crippen LogP contribution in [-0.2, 0) is 0 Å². The summed E-state index contributed by atoms with van der Waals surface area (Å²) in [6.45, 7) is 22.6. The van der Waals surface area contributed by atoms with E-state index in [1.165, 1.54) is 0 Å². The quantitative estimate of drug-likeness (QED) is 0.698. The van der Waals surface area contributed by atoms with Crippen LogP contribution in [0.5, 0.6) is 0 Å². The Labute approximate surface area is 134 Å². The number of halogens is 1. The minimum absolute atomic E-state index is 0.0253. The van der Waals surface area contributed by atoms with Crippen LogP contribution in [-0.4, -0.2) is 44.9 Å². The summed E-state index contributed by atoms with van der Waals surface area (Å²) >= 11 is 0. The third-order valence-corrected chi connectivity index (χ3v) is 11.7. The smallest absolute Gasteiger partial charge is 0.417 e. The van der Waals surface area contributed by atoms with Gasteiger partial charge in [-0.25, -0.2) is 0 Å². The van der Waals surface area contributed by atoms with Crippen molar-refractivity contribution in [2.75, 3.05) is 0 Å². The van der Waals surface area contributed by atoms with Crippen molar-refractivity contribution < 1.29 is 4.32 Å². The fourth-order valence-corrected chi connectivity index (χ4v) is 13.6. The van der Waals surface area contributed by atoms with Crippen LogP contribution in [0.15, 0.2) is 12.3 Å². The van der Waals surface area contributed by atoms with Crippen molar-refractivity contribution in [3.63, 3.8) is 0 Å². The van der Waals surface area contributed by atoms with Crippen LogP contribution in [0.25, 0.3) is 0 Å². The summed E-state index contributed by atoms with van der Waals surface area (Å²) in [5.41, 5.74) is 0.0238. The number of hydrogen-bond acceptors (Lipinski definition) is 2. The average Bonchev–Trinajstić information content (AvgIpc) is 2.54. The van der Waals surface area contributed by atoms with Gasteiger partial charge in [0.2, 0.25) is 0 Å². The van der Waals surface area contributed by atoms with E-state index in [-0.39, 0.29) is 18.1 Å². The summed E-state index contributed by atoms with van der Waals surface area (Å²) in [6, 6.07) is 0. The lowest BCUT2D eigenvalue weighted by atomic mass is 9.40. The van der Waals surface area contributed by atoms with Gasteiger partial charge in [0.25, 0.3) is 6.85 Å². The topological polar surface area (TPSA) is 6.48 Å². The summed E-state index contributed by atoms with van der Waals surface area (Å²) in [5, 5.41) is 0. The van der Waals surface area contributed by atoms with Gasteiger partial charge in [0.15, 0.2) is 0 Å². The number of hydrogen-bond donors (Lipinski definition) is 0. The molecule has 0 spiro atoms. The lowest BCUT2D eigenvalue weighted by molar-refractivity contribution is 0.327. The van der Waals surface area contributed by atoms with Crippen molar-refractivity contribution in [2.45, 2.75) is 78.1 Å². The van der Waals surface area contributed by atoms with Crippen molar-refractivity contribution in [2.24, 2.45) is 0 Å². The second kappa shape index (κ2) is 5.89. The van der Waals surface area contributed by atoms with E-state index in [0.29, 0.717) is 0 Å². The summed E-state index contributed by atoms with van der Waals surface area (Å²) in [7, 11) is -4.22. The average molecular weight is 326 g/mol. The van der Waals surface area contributed by atoms with Crippen LogP contribution in [0.4, 0.5) is 4.32 Å². The zero-order valence-electron chi connectivity index (χ0n) is 15.7. The van der Waals surface area contributed by atoms with E-state index in [9.17, 15) is 0 Å². The first-order valence-electron chi connectivity index (χ1n) is 8.07. The lowest BCUT2D eigenvalue weighted by Crippen LogP contribution is -2.66. The molecule has 0 aromatic carbocycles. The van der Waals surface area contributed by atoms with Gasteiger partial charge in [0, 0.05) is 11.3 Å². The van der Waals surface area contributed by atoms with Crippen LogP contribution in [0, 0.1) is 0 Å². The maximum absolute atomic E-state index is 15.5. The molecule has 0 amide bonds. The zero-order valence-corrected chi connectivity index (χ0v) is 17.7. The predicted molar refractivity (Wildman–Crippen MR) is 101 cm³/mol. The molecule has 0 bridgehead atoms. The zero-order chi connectivity index (χ0) is 16.8. The molecule has 1 unspecified atom stereocenters. The first kappa shape index (κ1) is 19.0. The predicted octanol–water partition coefficient (Wildman–Crippen LogP) is 4.57. The second-order valence-corrected chi connectivity index (χ2v) is 19.4. The van der Waals surface area contributed by atoms with Gasteiger partial charge in [-0.05, 0) is 27.0 Å². The Hall–Kier alpha value is -0.00636. The van der Waals surface area contributed by atoms with Crippen molar-refractivity contribution >= 4 is 30.4 Å². The standard InChI is InChI=1S/C14H33B2FN2Si2/c1-14(2,3)18-12-11-13(15(18)4)16(17)19(20(5,6)7)21(8,9)10/h11-13H,1-10H3. The maximum Gasteiger partial charge on any atom is 0.419 e. The monoisotopic (exact) mass is 326 g/mol. The van der Waals surface area contributed by atoms with Crippen LogP contribution >= 0.6 is 0 Å². The Morgan fingerprint density at radius 1 is 1.10 bits per heavy atom. The molecule has 0 saturated heterocycles. The molecule has 2 nitrogen and oxygen atoms in total. The Balaban J connectivity index is 3.03. The van der Waals surface area contributed by atoms with E-state index in [0.717, 1.165) is 0 Å². The van der Waals surface area contributed by atoms with Gasteiger partial charge in [-0.15, -0.1) is 0 Å². The van der Waals surface area contributed by atoms with Gasteiger partial charge in [-0.2, -0.15) is 0 Å². The molecule has 0 N–H and O–H groups in total. The normalized spacial score (nSPS) is 20.7. The molecule has 0 aromatic heterocycles. The van der Waals surface area contributed by atoms with E-state index >= 15 is 4.32 Å². The number of rotatable bonds is 4. The molecule has 1 atom stereocenters. The highest BCUT2D eigenvalue weighted by atomic mass is 28.4. The van der Waals surface area contributed by atoms with Gasteiger partial charge >= 0.3 is 7.12 Å². The van der Waals surface area contributed by atoms with Gasteiger partial charge in [-0.3, -0.25) is 0 Å². The Bertz CT molecular complexity index is 385. The number of nitrogens with zero attached hydrogens (tertiary/aromatic N) is 2. The lowest BCUT2D eigenvalue weighted by Gasteiger charge is -2.46. The fourth-order valence-electron chi connectivity index (χ4n) is 3.75. The van der Waals surface area contributed by atoms with Crippen LogP contribution in [0.2, 0.25) is 51.8 Å². The molecule has 0 radical (unpaired) electrons. The molecule has 0 fully saturated rings. The third kappa shape index (κ3) is 4.26. The first-order chi connectivity index (χ1) is 9.17. The molecule has 7 heteroatoms. The van der Waals surface area contributed by atoms with Gasteiger partial charge in [-0.1, -0.05) is 52.2 Å². The molecule has 0 saturated carbocycles. The number of allylic oxidation sites excluding steroid dienone is 1. The molecule has 21 heavy (non-hydrogen) atoms. The highest BCUT2D eigenvalue weighted by Gasteiger charge is 2.50. The summed E-state index contributed by atoms with van der Waals surface area (Å²) in [6.07, 6.45) is 4.20. The van der Waals surface area contributed by atoms with Gasteiger partial charge in [0.1, 0.15) is 16.5 Å². The van der Waals surface area contributed by atoms with E-state index in [2.05, 4.69) is 88.1 Å². The SMILES string of the molecule is CB1C(B(F)N([Si](C)(C)C)[Si](C)(C)C)C=CN1C(C)(C)C. The van der Waals surface area contributed by atoms with Gasteiger partial charge in [0.05, 0.1) is 0 Å². The van der Waals surface area contributed by atoms with E-state index in [1.54, 1.807) is 0 Å². The van der Waals surface area contributed by atoms with Crippen LogP contribution in [0.3, 0.4) is 0 Å². The highest BCUT2D eigenvalue weighted by molar-refractivity contribution is 7.00. The minimum atomic E-state index is -1.68. The molecule has 1 heterocycles. The third-order valence-electron chi connectivity index (χ3n) is 4.25. The summed E-state index contributed by atoms with van der Waals surface area (Å²) in [4.78, 5) is 2.30.